The second-order valence-corrected chi connectivity index (χ2v) is 7.87. The normalized spacial score (nSPS) is 14.2. The molecule has 0 radical (unpaired) electrons. The van der Waals surface area contributed by atoms with E-state index in [0.29, 0.717) is 29.1 Å². The molecule has 0 atom stereocenters. The van der Waals surface area contributed by atoms with Crippen molar-refractivity contribution in [2.75, 3.05) is 23.3 Å². The first-order chi connectivity index (χ1) is 13.7. The third-order valence-electron chi connectivity index (χ3n) is 4.53. The highest BCUT2D eigenvalue weighted by Crippen LogP contribution is 2.30. The number of carbonyl (C=O) groups is 1. The Kier molecular flexibility index (Phi) is 4.18. The zero-order chi connectivity index (χ0) is 19.1. The van der Waals surface area contributed by atoms with Gasteiger partial charge in [-0.05, 0) is 24.3 Å². The molecule has 28 heavy (non-hydrogen) atoms. The van der Waals surface area contributed by atoms with Crippen molar-refractivity contribution in [3.63, 3.8) is 0 Å². The van der Waals surface area contributed by atoms with Crippen LogP contribution in [0.3, 0.4) is 0 Å². The number of anilines is 2. The lowest BCUT2D eigenvalue weighted by Gasteiger charge is -2.38. The van der Waals surface area contributed by atoms with Gasteiger partial charge in [-0.25, -0.2) is 19.6 Å². The number of fused-ring (bicyclic) bond motifs is 1. The number of nitrogens with zero attached hydrogens (tertiary/aromatic N) is 6. The van der Waals surface area contributed by atoms with E-state index in [4.69, 9.17) is 11.6 Å². The Balaban J connectivity index is 1.24. The Hall–Kier alpha value is -3.04. The quantitative estimate of drug-likeness (QED) is 0.555. The molecule has 0 aliphatic carbocycles. The van der Waals surface area contributed by atoms with Crippen LogP contribution in [0.5, 0.6) is 0 Å². The van der Waals surface area contributed by atoms with Crippen molar-refractivity contribution in [3.05, 3.63) is 54.1 Å². The molecule has 1 N–H and O–H groups in total. The molecule has 0 bridgehead atoms. The molecule has 1 aliphatic heterocycles. The highest BCUT2D eigenvalue weighted by molar-refractivity contribution is 7.22. The number of rotatable bonds is 4. The average molecular weight is 412 g/mol. The minimum absolute atomic E-state index is 0.0391. The molecule has 1 aromatic carbocycles. The standard InChI is InChI=1S/C18H14ClN7OS/c19-12-2-3-13-14(6-12)28-18(23-13)24-17(27)11-8-25(9-11)15-7-16(21-10-20-15)26-5-1-4-22-26/h1-7,10-11H,8-9H2,(H,23,24,27). The smallest absolute Gasteiger partial charge is 0.232 e. The van der Waals surface area contributed by atoms with Gasteiger partial charge < -0.3 is 10.2 Å². The number of halogens is 1. The van der Waals surface area contributed by atoms with Crippen molar-refractivity contribution < 1.29 is 4.79 Å². The third-order valence-corrected chi connectivity index (χ3v) is 5.70. The Morgan fingerprint density at radius 3 is 2.89 bits per heavy atom. The summed E-state index contributed by atoms with van der Waals surface area (Å²) in [6.45, 7) is 1.19. The molecule has 1 saturated heterocycles. The molecule has 0 spiro atoms. The molecule has 4 aromatic rings. The average Bonchev–Trinajstić information content (AvgIpc) is 3.29. The molecule has 4 heterocycles. The minimum Gasteiger partial charge on any atom is -0.355 e. The first-order valence-corrected chi connectivity index (χ1v) is 9.79. The summed E-state index contributed by atoms with van der Waals surface area (Å²) in [7, 11) is 0. The zero-order valence-corrected chi connectivity index (χ0v) is 16.1. The van der Waals surface area contributed by atoms with E-state index in [1.54, 1.807) is 16.9 Å². The summed E-state index contributed by atoms with van der Waals surface area (Å²) in [5, 5.41) is 8.33. The summed E-state index contributed by atoms with van der Waals surface area (Å²) in [5.41, 5.74) is 0.826. The van der Waals surface area contributed by atoms with E-state index in [1.807, 2.05) is 35.4 Å². The SMILES string of the molecule is O=C(Nc1nc2ccc(Cl)cc2s1)C1CN(c2cc(-n3cccn3)ncn2)C1. The lowest BCUT2D eigenvalue weighted by molar-refractivity contribution is -0.120. The Morgan fingerprint density at radius 1 is 1.21 bits per heavy atom. The molecule has 1 fully saturated rings. The van der Waals surface area contributed by atoms with Crippen molar-refractivity contribution in [1.29, 1.82) is 0 Å². The first-order valence-electron chi connectivity index (χ1n) is 8.60. The Morgan fingerprint density at radius 2 is 2.07 bits per heavy atom. The summed E-state index contributed by atoms with van der Waals surface area (Å²) in [6, 6.07) is 9.18. The van der Waals surface area contributed by atoms with E-state index >= 15 is 0 Å². The van der Waals surface area contributed by atoms with Crippen LogP contribution in [0.25, 0.3) is 16.0 Å². The van der Waals surface area contributed by atoms with Gasteiger partial charge >= 0.3 is 0 Å². The number of nitrogens with one attached hydrogen (secondary N) is 1. The number of hydrogen-bond donors (Lipinski definition) is 1. The third kappa shape index (κ3) is 3.19. The maximum Gasteiger partial charge on any atom is 0.232 e. The molecule has 0 saturated carbocycles. The highest BCUT2D eigenvalue weighted by atomic mass is 35.5. The fourth-order valence-electron chi connectivity index (χ4n) is 3.03. The summed E-state index contributed by atoms with van der Waals surface area (Å²) in [5.74, 6) is 1.32. The molecule has 1 aliphatic rings. The van der Waals surface area contributed by atoms with E-state index in [0.717, 1.165) is 16.0 Å². The van der Waals surface area contributed by atoms with Gasteiger partial charge in [0.1, 0.15) is 12.1 Å². The predicted molar refractivity (Wildman–Crippen MR) is 108 cm³/mol. The summed E-state index contributed by atoms with van der Waals surface area (Å²) in [4.78, 5) is 27.5. The monoisotopic (exact) mass is 411 g/mol. The molecule has 5 rings (SSSR count). The van der Waals surface area contributed by atoms with Gasteiger partial charge in [0.25, 0.3) is 0 Å². The van der Waals surface area contributed by atoms with E-state index in [2.05, 4.69) is 25.4 Å². The number of benzene rings is 1. The fourth-order valence-corrected chi connectivity index (χ4v) is 4.18. The van der Waals surface area contributed by atoms with Gasteiger partial charge in [-0.1, -0.05) is 22.9 Å². The number of amides is 1. The fraction of sp³-hybridized carbons (Fsp3) is 0.167. The van der Waals surface area contributed by atoms with Crippen LogP contribution in [0.1, 0.15) is 0 Å². The van der Waals surface area contributed by atoms with Gasteiger partial charge in [0.2, 0.25) is 5.91 Å². The molecule has 140 valence electrons. The van der Waals surface area contributed by atoms with Crippen LogP contribution >= 0.6 is 22.9 Å². The molecular weight excluding hydrogens is 398 g/mol. The van der Waals surface area contributed by atoms with Crippen LogP contribution < -0.4 is 10.2 Å². The van der Waals surface area contributed by atoms with Gasteiger partial charge in [-0.15, -0.1) is 0 Å². The van der Waals surface area contributed by atoms with Crippen LogP contribution in [0.2, 0.25) is 5.02 Å². The van der Waals surface area contributed by atoms with E-state index in [1.165, 1.54) is 17.7 Å². The van der Waals surface area contributed by atoms with Gasteiger partial charge in [0.15, 0.2) is 10.9 Å². The number of hydrogen-bond acceptors (Lipinski definition) is 7. The van der Waals surface area contributed by atoms with E-state index in [9.17, 15) is 4.79 Å². The Bertz CT molecular complexity index is 1150. The lowest BCUT2D eigenvalue weighted by Crippen LogP contribution is -2.52. The van der Waals surface area contributed by atoms with Crippen LogP contribution in [0.4, 0.5) is 10.9 Å². The van der Waals surface area contributed by atoms with Gasteiger partial charge in [-0.3, -0.25) is 4.79 Å². The van der Waals surface area contributed by atoms with Crippen LogP contribution in [0.15, 0.2) is 49.1 Å². The van der Waals surface area contributed by atoms with Crippen molar-refractivity contribution in [2.45, 2.75) is 0 Å². The molecular formula is C18H14ClN7OS. The van der Waals surface area contributed by atoms with Crippen LogP contribution in [-0.4, -0.2) is 43.7 Å². The van der Waals surface area contributed by atoms with Gasteiger partial charge in [-0.2, -0.15) is 5.10 Å². The van der Waals surface area contributed by atoms with Crippen molar-refractivity contribution in [1.82, 2.24) is 24.7 Å². The number of aromatic nitrogens is 5. The molecule has 0 unspecified atom stereocenters. The van der Waals surface area contributed by atoms with Gasteiger partial charge in [0.05, 0.1) is 16.1 Å². The minimum atomic E-state index is -0.112. The lowest BCUT2D eigenvalue weighted by atomic mass is 9.99. The molecule has 3 aromatic heterocycles. The van der Waals surface area contributed by atoms with E-state index in [-0.39, 0.29) is 11.8 Å². The summed E-state index contributed by atoms with van der Waals surface area (Å²) >= 11 is 7.42. The zero-order valence-electron chi connectivity index (χ0n) is 14.5. The second kappa shape index (κ2) is 6.84. The van der Waals surface area contributed by atoms with Crippen molar-refractivity contribution in [2.24, 2.45) is 5.92 Å². The largest absolute Gasteiger partial charge is 0.355 e. The number of carbonyl (C=O) groups excluding carboxylic acids is 1. The van der Waals surface area contributed by atoms with Gasteiger partial charge in [0, 0.05) is 36.6 Å². The maximum atomic E-state index is 12.5. The predicted octanol–water partition coefficient (Wildman–Crippen LogP) is 3.00. The highest BCUT2D eigenvalue weighted by Gasteiger charge is 2.34. The first kappa shape index (κ1) is 17.1. The van der Waals surface area contributed by atoms with Crippen LogP contribution in [0, 0.1) is 5.92 Å². The second-order valence-electron chi connectivity index (χ2n) is 6.41. The topological polar surface area (TPSA) is 88.8 Å². The van der Waals surface area contributed by atoms with Crippen molar-refractivity contribution in [3.8, 4) is 5.82 Å². The Labute approximate surface area is 168 Å². The summed E-state index contributed by atoms with van der Waals surface area (Å²) < 4.78 is 2.62. The van der Waals surface area contributed by atoms with Crippen LogP contribution in [-0.2, 0) is 4.79 Å². The molecule has 1 amide bonds. The van der Waals surface area contributed by atoms with E-state index < -0.39 is 0 Å². The van der Waals surface area contributed by atoms with Crippen molar-refractivity contribution >= 4 is 50.0 Å². The summed E-state index contributed by atoms with van der Waals surface area (Å²) in [6.07, 6.45) is 5.03. The maximum absolute atomic E-state index is 12.5. The molecule has 10 heteroatoms. The number of thiazole rings is 1. The molecule has 8 nitrogen and oxygen atoms in total.